The SMILES string of the molecule is C/C=C(/C)C(=O)O[C@@H]1C[C@@]2(C)OC(=CC2=O)/C(CO)=C\[C@@H]2OC(=O)[C@@]3(CO3)[C@@H]21. The number of hydrogen-bond donors (Lipinski definition) is 1. The van der Waals surface area contributed by atoms with E-state index in [1.165, 1.54) is 6.08 Å². The summed E-state index contributed by atoms with van der Waals surface area (Å²) in [6.45, 7) is 4.70. The van der Waals surface area contributed by atoms with Crippen LogP contribution in [0.25, 0.3) is 0 Å². The maximum atomic E-state index is 12.6. The molecule has 0 amide bonds. The van der Waals surface area contributed by atoms with Crippen LogP contribution in [-0.2, 0) is 33.3 Å². The molecule has 2 bridgehead atoms. The van der Waals surface area contributed by atoms with E-state index in [-0.39, 0.29) is 24.6 Å². The molecular weight excluding hydrogens is 368 g/mol. The van der Waals surface area contributed by atoms with E-state index in [1.807, 2.05) is 0 Å². The highest BCUT2D eigenvalue weighted by molar-refractivity contribution is 6.00. The van der Waals surface area contributed by atoms with Crippen molar-refractivity contribution in [3.05, 3.63) is 35.1 Å². The molecule has 2 saturated heterocycles. The molecule has 150 valence electrons. The molecule has 5 atom stereocenters. The predicted octanol–water partition coefficient (Wildman–Crippen LogP) is 0.739. The summed E-state index contributed by atoms with van der Waals surface area (Å²) >= 11 is 0. The van der Waals surface area contributed by atoms with Crippen LogP contribution in [0.15, 0.2) is 35.1 Å². The number of aliphatic hydroxyl groups is 1. The summed E-state index contributed by atoms with van der Waals surface area (Å²) in [5.41, 5.74) is -1.74. The number of carbonyl (C=O) groups is 3. The zero-order valence-corrected chi connectivity index (χ0v) is 15.9. The van der Waals surface area contributed by atoms with Crippen molar-refractivity contribution >= 4 is 17.7 Å². The minimum Gasteiger partial charge on any atom is -0.479 e. The van der Waals surface area contributed by atoms with Crippen molar-refractivity contribution in [2.45, 2.75) is 50.6 Å². The third kappa shape index (κ3) is 2.70. The van der Waals surface area contributed by atoms with Gasteiger partial charge in [-0.25, -0.2) is 9.59 Å². The summed E-state index contributed by atoms with van der Waals surface area (Å²) in [5, 5.41) is 9.77. The quantitative estimate of drug-likeness (QED) is 0.427. The molecule has 1 spiro atoms. The van der Waals surface area contributed by atoms with E-state index >= 15 is 0 Å². The van der Waals surface area contributed by atoms with Gasteiger partial charge < -0.3 is 24.1 Å². The Hall–Kier alpha value is -2.45. The Morgan fingerprint density at radius 2 is 2.14 bits per heavy atom. The number of hydrogen-bond acceptors (Lipinski definition) is 8. The van der Waals surface area contributed by atoms with Gasteiger partial charge in [-0.15, -0.1) is 0 Å². The summed E-state index contributed by atoms with van der Waals surface area (Å²) in [5.74, 6) is -1.78. The Labute approximate surface area is 161 Å². The third-order valence-corrected chi connectivity index (χ3v) is 5.91. The fraction of sp³-hybridized carbons (Fsp3) is 0.550. The van der Waals surface area contributed by atoms with Gasteiger partial charge in [-0.3, -0.25) is 4.79 Å². The Bertz CT molecular complexity index is 846. The van der Waals surface area contributed by atoms with Crippen molar-refractivity contribution in [3.8, 4) is 0 Å². The first-order valence-corrected chi connectivity index (χ1v) is 9.20. The van der Waals surface area contributed by atoms with E-state index in [0.717, 1.165) is 0 Å². The van der Waals surface area contributed by atoms with Crippen LogP contribution in [0, 0.1) is 5.92 Å². The number of carbonyl (C=O) groups excluding carboxylic acids is 3. The molecule has 0 aromatic carbocycles. The number of rotatable bonds is 3. The van der Waals surface area contributed by atoms with Crippen molar-refractivity contribution in [2.24, 2.45) is 5.92 Å². The normalized spacial score (nSPS) is 41.0. The first-order chi connectivity index (χ1) is 13.2. The van der Waals surface area contributed by atoms with E-state index in [1.54, 1.807) is 32.9 Å². The Morgan fingerprint density at radius 3 is 2.75 bits per heavy atom. The molecule has 8 nitrogen and oxygen atoms in total. The molecule has 8 heteroatoms. The monoisotopic (exact) mass is 390 g/mol. The summed E-state index contributed by atoms with van der Waals surface area (Å²) in [6.07, 6.45) is 2.89. The summed E-state index contributed by atoms with van der Waals surface area (Å²) in [6, 6.07) is 0. The molecule has 0 aromatic heterocycles. The first-order valence-electron chi connectivity index (χ1n) is 9.20. The standard InChI is InChI=1S/C20H22O8/c1-4-10(2)17(23)26-14-7-19(3)15(22)6-12(28-19)11(8-21)5-13-16(14)20(9-25-20)18(24)27-13/h4-6,13-14,16,21H,7-9H2,1-3H3/b10-4-,11-5-/t13-,14+,16-,19+,20+/m0/s1. The second kappa shape index (κ2) is 6.28. The van der Waals surface area contributed by atoms with Crippen LogP contribution < -0.4 is 0 Å². The average molecular weight is 390 g/mol. The molecule has 4 rings (SSSR count). The van der Waals surface area contributed by atoms with Crippen LogP contribution >= 0.6 is 0 Å². The molecule has 0 aliphatic carbocycles. The van der Waals surface area contributed by atoms with Gasteiger partial charge >= 0.3 is 11.9 Å². The number of ether oxygens (including phenoxy) is 4. The van der Waals surface area contributed by atoms with E-state index in [9.17, 15) is 19.5 Å². The Kier molecular flexibility index (Phi) is 4.24. The Balaban J connectivity index is 1.80. The van der Waals surface area contributed by atoms with Gasteiger partial charge in [0.15, 0.2) is 11.2 Å². The molecule has 4 heterocycles. The molecular formula is C20H22O8. The van der Waals surface area contributed by atoms with Gasteiger partial charge in [0.25, 0.3) is 0 Å². The minimum atomic E-state index is -1.28. The fourth-order valence-electron chi connectivity index (χ4n) is 4.02. The lowest BCUT2D eigenvalue weighted by molar-refractivity contribution is -0.155. The number of ketones is 1. The van der Waals surface area contributed by atoms with Crippen molar-refractivity contribution in [3.63, 3.8) is 0 Å². The van der Waals surface area contributed by atoms with Crippen molar-refractivity contribution in [1.82, 2.24) is 0 Å². The molecule has 0 aromatic rings. The minimum absolute atomic E-state index is 0.0318. The molecule has 0 saturated carbocycles. The van der Waals surface area contributed by atoms with Crippen LogP contribution in [0.3, 0.4) is 0 Å². The lowest BCUT2D eigenvalue weighted by Gasteiger charge is -2.32. The van der Waals surface area contributed by atoms with Crippen LogP contribution in [0.5, 0.6) is 0 Å². The maximum Gasteiger partial charge on any atom is 0.342 e. The summed E-state index contributed by atoms with van der Waals surface area (Å²) < 4.78 is 22.6. The lowest BCUT2D eigenvalue weighted by atomic mass is 9.79. The highest BCUT2D eigenvalue weighted by Crippen LogP contribution is 2.51. The van der Waals surface area contributed by atoms with Crippen LogP contribution in [0.2, 0.25) is 0 Å². The molecule has 28 heavy (non-hydrogen) atoms. The maximum absolute atomic E-state index is 12.6. The molecule has 0 unspecified atom stereocenters. The smallest absolute Gasteiger partial charge is 0.342 e. The second-order valence-electron chi connectivity index (χ2n) is 7.75. The zero-order valence-electron chi connectivity index (χ0n) is 15.9. The average Bonchev–Trinajstić information content (AvgIpc) is 3.32. The highest BCUT2D eigenvalue weighted by atomic mass is 16.7. The topological polar surface area (TPSA) is 112 Å². The second-order valence-corrected chi connectivity index (χ2v) is 7.75. The van der Waals surface area contributed by atoms with E-state index in [2.05, 4.69) is 0 Å². The molecule has 0 radical (unpaired) electrons. The van der Waals surface area contributed by atoms with Crippen LogP contribution in [0.4, 0.5) is 0 Å². The first kappa shape index (κ1) is 18.9. The van der Waals surface area contributed by atoms with Gasteiger partial charge in [-0.05, 0) is 26.8 Å². The molecule has 1 N–H and O–H groups in total. The van der Waals surface area contributed by atoms with E-state index in [0.29, 0.717) is 11.1 Å². The van der Waals surface area contributed by atoms with Crippen molar-refractivity contribution in [2.75, 3.05) is 13.2 Å². The predicted molar refractivity (Wildman–Crippen MR) is 93.7 cm³/mol. The van der Waals surface area contributed by atoms with E-state index in [4.69, 9.17) is 18.9 Å². The van der Waals surface area contributed by atoms with Crippen LogP contribution in [0.1, 0.15) is 27.2 Å². The summed E-state index contributed by atoms with van der Waals surface area (Å²) in [7, 11) is 0. The van der Waals surface area contributed by atoms with Gasteiger partial charge in [0.2, 0.25) is 5.78 Å². The highest BCUT2D eigenvalue weighted by Gasteiger charge is 2.70. The molecule has 4 aliphatic rings. The van der Waals surface area contributed by atoms with E-state index < -0.39 is 47.9 Å². The van der Waals surface area contributed by atoms with Gasteiger partial charge in [0.1, 0.15) is 18.0 Å². The number of fused-ring (bicyclic) bond motifs is 4. The molecule has 4 aliphatic heterocycles. The zero-order chi connectivity index (χ0) is 20.3. The van der Waals surface area contributed by atoms with Crippen molar-refractivity contribution < 1.29 is 38.4 Å². The van der Waals surface area contributed by atoms with Crippen molar-refractivity contribution in [1.29, 1.82) is 0 Å². The van der Waals surface area contributed by atoms with Crippen LogP contribution in [-0.4, -0.2) is 59.5 Å². The third-order valence-electron chi connectivity index (χ3n) is 5.91. The summed E-state index contributed by atoms with van der Waals surface area (Å²) in [4.78, 5) is 37.6. The number of epoxide rings is 1. The number of aliphatic hydroxyl groups excluding tert-OH is 1. The number of esters is 2. The molecule has 2 fully saturated rings. The van der Waals surface area contributed by atoms with Gasteiger partial charge in [0, 0.05) is 23.6 Å². The fourth-order valence-corrected chi connectivity index (χ4v) is 4.02. The lowest BCUT2D eigenvalue weighted by Crippen LogP contribution is -2.46. The van der Waals surface area contributed by atoms with Gasteiger partial charge in [-0.2, -0.15) is 0 Å². The number of allylic oxidation sites excluding steroid dienone is 1. The van der Waals surface area contributed by atoms with Gasteiger partial charge in [0.05, 0.1) is 19.1 Å². The Morgan fingerprint density at radius 1 is 1.43 bits per heavy atom. The largest absolute Gasteiger partial charge is 0.479 e. The van der Waals surface area contributed by atoms with Gasteiger partial charge in [-0.1, -0.05) is 6.08 Å².